The van der Waals surface area contributed by atoms with E-state index in [4.69, 9.17) is 5.11 Å². The van der Waals surface area contributed by atoms with Crippen LogP contribution >= 0.6 is 0 Å². The van der Waals surface area contributed by atoms with Crippen molar-refractivity contribution in [1.29, 1.82) is 0 Å². The Balaban J connectivity index is 3.02. The quantitative estimate of drug-likeness (QED) is 0.889. The van der Waals surface area contributed by atoms with Crippen molar-refractivity contribution in [1.82, 2.24) is 4.57 Å². The molecule has 0 aliphatic carbocycles. The molecule has 0 aliphatic heterocycles. The summed E-state index contributed by atoms with van der Waals surface area (Å²) in [6.07, 6.45) is 1.20. The lowest BCUT2D eigenvalue weighted by Crippen LogP contribution is -2.20. The van der Waals surface area contributed by atoms with E-state index in [2.05, 4.69) is 0 Å². The van der Waals surface area contributed by atoms with E-state index in [9.17, 15) is 14.0 Å². The van der Waals surface area contributed by atoms with Gasteiger partial charge in [-0.2, -0.15) is 0 Å². The predicted octanol–water partition coefficient (Wildman–Crippen LogP) is 2.42. The zero-order valence-corrected chi connectivity index (χ0v) is 9.98. The Labute approximate surface area is 102 Å². The summed E-state index contributed by atoms with van der Waals surface area (Å²) in [6.45, 7) is 3.59. The third-order valence-electron chi connectivity index (χ3n) is 2.79. The van der Waals surface area contributed by atoms with E-state index in [-0.39, 0.29) is 22.5 Å². The van der Waals surface area contributed by atoms with E-state index in [0.717, 1.165) is 0 Å². The second-order valence-electron chi connectivity index (χ2n) is 4.31. The van der Waals surface area contributed by atoms with Gasteiger partial charge in [-0.25, -0.2) is 9.18 Å². The maximum atomic E-state index is 13.8. The second kappa shape index (κ2) is 4.25. The van der Waals surface area contributed by atoms with Gasteiger partial charge in [-0.05, 0) is 26.0 Å². The largest absolute Gasteiger partial charge is 0.477 e. The summed E-state index contributed by atoms with van der Waals surface area (Å²) >= 11 is 0. The molecule has 0 amide bonds. The summed E-state index contributed by atoms with van der Waals surface area (Å²) in [5.41, 5.74) is -0.863. The molecule has 1 heterocycles. The Hall–Kier alpha value is -2.17. The lowest BCUT2D eigenvalue weighted by atomic mass is 10.1. The molecular formula is C13H12FNO3. The first-order chi connectivity index (χ1) is 8.43. The number of nitrogens with zero attached hydrogens (tertiary/aromatic N) is 1. The lowest BCUT2D eigenvalue weighted by molar-refractivity contribution is 0.0694. The van der Waals surface area contributed by atoms with Crippen molar-refractivity contribution in [2.75, 3.05) is 0 Å². The van der Waals surface area contributed by atoms with Crippen molar-refractivity contribution in [2.45, 2.75) is 19.9 Å². The molecule has 5 heteroatoms. The number of pyridine rings is 1. The molecule has 0 saturated carbocycles. The minimum Gasteiger partial charge on any atom is -0.477 e. The van der Waals surface area contributed by atoms with Crippen LogP contribution in [0.4, 0.5) is 4.39 Å². The summed E-state index contributed by atoms with van der Waals surface area (Å²) in [6, 6.07) is 3.94. The van der Waals surface area contributed by atoms with Gasteiger partial charge in [0.2, 0.25) is 5.43 Å². The first-order valence-electron chi connectivity index (χ1n) is 5.50. The van der Waals surface area contributed by atoms with Crippen molar-refractivity contribution < 1.29 is 14.3 Å². The summed E-state index contributed by atoms with van der Waals surface area (Å²) < 4.78 is 15.3. The minimum atomic E-state index is -1.31. The Morgan fingerprint density at radius 2 is 2.06 bits per heavy atom. The van der Waals surface area contributed by atoms with Crippen LogP contribution in [-0.4, -0.2) is 15.6 Å². The number of carboxylic acid groups (broad SMARTS) is 1. The Kier molecular flexibility index (Phi) is 2.90. The highest BCUT2D eigenvalue weighted by Gasteiger charge is 2.17. The number of benzene rings is 1. The molecule has 2 rings (SSSR count). The van der Waals surface area contributed by atoms with E-state index in [1.807, 2.05) is 0 Å². The number of halogens is 1. The zero-order chi connectivity index (χ0) is 13.4. The normalized spacial score (nSPS) is 11.1. The van der Waals surface area contributed by atoms with Crippen LogP contribution in [0.1, 0.15) is 30.2 Å². The number of aromatic nitrogens is 1. The van der Waals surface area contributed by atoms with E-state index in [0.29, 0.717) is 0 Å². The average Bonchev–Trinajstić information content (AvgIpc) is 2.29. The number of carboxylic acids is 1. The van der Waals surface area contributed by atoms with Gasteiger partial charge in [0, 0.05) is 17.6 Å². The topological polar surface area (TPSA) is 59.3 Å². The number of fused-ring (bicyclic) bond motifs is 1. The highest BCUT2D eigenvalue weighted by atomic mass is 19.1. The third-order valence-corrected chi connectivity index (χ3v) is 2.79. The van der Waals surface area contributed by atoms with Gasteiger partial charge in [0.05, 0.1) is 5.52 Å². The van der Waals surface area contributed by atoms with E-state index >= 15 is 0 Å². The smallest absolute Gasteiger partial charge is 0.341 e. The van der Waals surface area contributed by atoms with Gasteiger partial charge in [0.15, 0.2) is 0 Å². The molecule has 0 aliphatic rings. The SMILES string of the molecule is CC(C)n1cc(C(=O)O)c(=O)c2cccc(F)c21. The van der Waals surface area contributed by atoms with E-state index in [1.165, 1.54) is 29.0 Å². The van der Waals surface area contributed by atoms with Crippen molar-refractivity contribution >= 4 is 16.9 Å². The molecule has 0 atom stereocenters. The van der Waals surface area contributed by atoms with Gasteiger partial charge in [-0.15, -0.1) is 0 Å². The van der Waals surface area contributed by atoms with E-state index in [1.54, 1.807) is 13.8 Å². The van der Waals surface area contributed by atoms with Gasteiger partial charge in [-0.1, -0.05) is 6.07 Å². The molecule has 0 saturated heterocycles. The first-order valence-corrected chi connectivity index (χ1v) is 5.50. The van der Waals surface area contributed by atoms with Crippen LogP contribution in [0, 0.1) is 5.82 Å². The van der Waals surface area contributed by atoms with Crippen molar-refractivity contribution in [3.63, 3.8) is 0 Å². The Bertz CT molecular complexity index is 688. The van der Waals surface area contributed by atoms with Crippen molar-refractivity contribution in [2.24, 2.45) is 0 Å². The molecule has 2 aromatic rings. The van der Waals surface area contributed by atoms with E-state index < -0.39 is 17.2 Å². The Morgan fingerprint density at radius 3 is 2.61 bits per heavy atom. The minimum absolute atomic E-state index is 0.0867. The average molecular weight is 249 g/mol. The zero-order valence-electron chi connectivity index (χ0n) is 9.98. The number of hydrogen-bond donors (Lipinski definition) is 1. The molecule has 0 radical (unpaired) electrons. The van der Waals surface area contributed by atoms with Gasteiger partial charge in [-0.3, -0.25) is 4.79 Å². The fourth-order valence-electron chi connectivity index (χ4n) is 1.93. The summed E-state index contributed by atoms with van der Waals surface area (Å²) in [5.74, 6) is -1.84. The first kappa shape index (κ1) is 12.3. The van der Waals surface area contributed by atoms with Crippen LogP contribution < -0.4 is 5.43 Å². The highest BCUT2D eigenvalue weighted by Crippen LogP contribution is 2.19. The Morgan fingerprint density at radius 1 is 1.39 bits per heavy atom. The van der Waals surface area contributed by atoms with Crippen molar-refractivity contribution in [3.05, 3.63) is 46.0 Å². The van der Waals surface area contributed by atoms with Crippen LogP contribution in [0.3, 0.4) is 0 Å². The molecule has 1 aromatic heterocycles. The molecule has 1 N–H and O–H groups in total. The molecular weight excluding hydrogens is 237 g/mol. The monoisotopic (exact) mass is 249 g/mol. The molecule has 18 heavy (non-hydrogen) atoms. The summed E-state index contributed by atoms with van der Waals surface area (Å²) in [7, 11) is 0. The van der Waals surface area contributed by atoms with Crippen LogP contribution in [0.2, 0.25) is 0 Å². The summed E-state index contributed by atoms with van der Waals surface area (Å²) in [4.78, 5) is 23.0. The molecule has 0 bridgehead atoms. The van der Waals surface area contributed by atoms with Gasteiger partial charge >= 0.3 is 5.97 Å². The number of aromatic carboxylic acids is 1. The number of hydrogen-bond acceptors (Lipinski definition) is 2. The molecule has 0 unspecified atom stereocenters. The van der Waals surface area contributed by atoms with Gasteiger partial charge in [0.1, 0.15) is 11.4 Å². The molecule has 4 nitrogen and oxygen atoms in total. The third kappa shape index (κ3) is 1.77. The van der Waals surface area contributed by atoms with Gasteiger partial charge in [0.25, 0.3) is 0 Å². The van der Waals surface area contributed by atoms with Gasteiger partial charge < -0.3 is 9.67 Å². The van der Waals surface area contributed by atoms with Crippen molar-refractivity contribution in [3.8, 4) is 0 Å². The summed E-state index contributed by atoms with van der Waals surface area (Å²) in [5, 5.41) is 9.08. The second-order valence-corrected chi connectivity index (χ2v) is 4.31. The van der Waals surface area contributed by atoms with Crippen LogP contribution in [0.15, 0.2) is 29.2 Å². The fraction of sp³-hybridized carbons (Fsp3) is 0.231. The maximum Gasteiger partial charge on any atom is 0.341 e. The molecule has 0 fully saturated rings. The molecule has 0 spiro atoms. The maximum absolute atomic E-state index is 13.8. The molecule has 94 valence electrons. The predicted molar refractivity (Wildman–Crippen MR) is 65.5 cm³/mol. The molecule has 1 aromatic carbocycles. The number of carbonyl (C=O) groups is 1. The fourth-order valence-corrected chi connectivity index (χ4v) is 1.93. The lowest BCUT2D eigenvalue weighted by Gasteiger charge is -2.16. The highest BCUT2D eigenvalue weighted by molar-refractivity contribution is 5.92. The van der Waals surface area contributed by atoms with Crippen LogP contribution in [0.5, 0.6) is 0 Å². The number of para-hydroxylation sites is 1. The van der Waals surface area contributed by atoms with Crippen LogP contribution in [-0.2, 0) is 0 Å². The number of rotatable bonds is 2. The standard InChI is InChI=1S/C13H12FNO3/c1-7(2)15-6-9(13(17)18)12(16)8-4-3-5-10(14)11(8)15/h3-7H,1-2H3,(H,17,18). The van der Waals surface area contributed by atoms with Crippen LogP contribution in [0.25, 0.3) is 10.9 Å².